The van der Waals surface area contributed by atoms with Crippen molar-refractivity contribution >= 4 is 21.5 Å². The molecule has 0 radical (unpaired) electrons. The number of rotatable bonds is 2. The lowest BCUT2D eigenvalue weighted by Gasteiger charge is -2.07. The summed E-state index contributed by atoms with van der Waals surface area (Å²) in [6.07, 6.45) is -6.33. The Morgan fingerprint density at radius 3 is 1.00 bits per heavy atom. The van der Waals surface area contributed by atoms with Gasteiger partial charge in [-0.05, 0) is 35.4 Å². The average Bonchev–Trinajstić information content (AvgIpc) is 3.52. The molecule has 0 heterocycles. The van der Waals surface area contributed by atoms with E-state index in [0.717, 1.165) is 48.5 Å². The molecule has 0 atom stereocenters. The van der Waals surface area contributed by atoms with Crippen LogP contribution in [0.25, 0.3) is 43.8 Å². The molecule has 5 rings (SSSR count). The van der Waals surface area contributed by atoms with Gasteiger partial charge in [-0.15, -0.1) is 0 Å². The topological polar surface area (TPSA) is 167 Å². The smallest absolute Gasteiger partial charge is 0.192 e. The lowest BCUT2D eigenvalue weighted by atomic mass is 9.94. The molecule has 218 valence electrons. The van der Waals surface area contributed by atoms with Gasteiger partial charge in [-0.3, -0.25) is 0 Å². The molecule has 0 bridgehead atoms. The first-order valence-electron chi connectivity index (χ1n) is 12.5. The highest BCUT2D eigenvalue weighted by molar-refractivity contribution is 6.18. The molecule has 0 aromatic heterocycles. The van der Waals surface area contributed by atoms with Crippen molar-refractivity contribution in [1.82, 2.24) is 0 Å². The third-order valence-corrected chi connectivity index (χ3v) is 7.22. The summed E-state index contributed by atoms with van der Waals surface area (Å²) in [6, 6.07) is 14.5. The van der Waals surface area contributed by atoms with Crippen molar-refractivity contribution in [2.24, 2.45) is 9.98 Å². The number of nitriles is 6. The number of halogens is 6. The lowest BCUT2D eigenvalue weighted by Crippen LogP contribution is -2.08. The van der Waals surface area contributed by atoms with E-state index in [1.165, 1.54) is 12.4 Å². The number of hydrogen-bond donors (Lipinski definition) is 0. The van der Waals surface area contributed by atoms with Gasteiger partial charge in [-0.1, -0.05) is 24.3 Å². The Morgan fingerprint density at radius 1 is 0.435 bits per heavy atom. The zero-order valence-corrected chi connectivity index (χ0v) is 22.5. The molecule has 46 heavy (non-hydrogen) atoms. The van der Waals surface area contributed by atoms with Crippen molar-refractivity contribution in [1.29, 1.82) is 31.6 Å². The summed E-state index contributed by atoms with van der Waals surface area (Å²) in [7, 11) is 0. The molecule has 0 spiro atoms. The average molecular weight is 618 g/mol. The fourth-order valence-corrected chi connectivity index (χ4v) is 5.45. The molecule has 0 saturated carbocycles. The number of hydrogen-bond acceptors (Lipinski definition) is 8. The number of benzene rings is 3. The van der Waals surface area contributed by atoms with Crippen LogP contribution in [0.2, 0.25) is 0 Å². The molecule has 0 unspecified atom stereocenters. The van der Waals surface area contributed by atoms with E-state index in [0.29, 0.717) is 0 Å². The highest BCUT2D eigenvalue weighted by Gasteiger charge is 2.33. The summed E-state index contributed by atoms with van der Waals surface area (Å²) < 4.78 is 79.6. The second kappa shape index (κ2) is 10.9. The van der Waals surface area contributed by atoms with E-state index in [-0.39, 0.29) is 65.6 Å². The van der Waals surface area contributed by atoms with Gasteiger partial charge in [0.1, 0.15) is 24.3 Å². The Hall–Kier alpha value is -7.00. The van der Waals surface area contributed by atoms with E-state index in [9.17, 15) is 57.9 Å². The Labute approximate surface area is 253 Å². The lowest BCUT2D eigenvalue weighted by molar-refractivity contribution is -0.138. The molecule has 8 nitrogen and oxygen atoms in total. The predicted octanol–water partition coefficient (Wildman–Crippen LogP) is 6.49. The van der Waals surface area contributed by atoms with Crippen LogP contribution in [0.3, 0.4) is 0 Å². The summed E-state index contributed by atoms with van der Waals surface area (Å²) in [5.41, 5.74) is -3.90. The maximum absolute atomic E-state index is 13.3. The molecular formula is C32H8F6N8. The van der Waals surface area contributed by atoms with Crippen LogP contribution in [-0.2, 0) is 12.4 Å². The van der Waals surface area contributed by atoms with Crippen molar-refractivity contribution in [2.75, 3.05) is 0 Å². The maximum Gasteiger partial charge on any atom is 0.416 e. The molecule has 0 aliphatic rings. The van der Waals surface area contributed by atoms with Crippen LogP contribution in [-0.4, -0.2) is 0 Å². The summed E-state index contributed by atoms with van der Waals surface area (Å²) in [5.74, 6) is 0. The summed E-state index contributed by atoms with van der Waals surface area (Å²) in [5, 5.41) is 58.8. The Bertz CT molecular complexity index is 2330. The monoisotopic (exact) mass is 618 g/mol. The summed E-state index contributed by atoms with van der Waals surface area (Å²) in [4.78, 5) is 7.52. The van der Waals surface area contributed by atoms with E-state index in [2.05, 4.69) is 9.98 Å². The largest absolute Gasteiger partial charge is 0.416 e. The fraction of sp³-hybridized carbons (Fsp3) is 0.0625. The van der Waals surface area contributed by atoms with Gasteiger partial charge in [0, 0.05) is 32.7 Å². The Balaban J connectivity index is 2.06. The van der Waals surface area contributed by atoms with Crippen molar-refractivity contribution in [3.05, 3.63) is 92.6 Å². The van der Waals surface area contributed by atoms with E-state index in [1.807, 2.05) is 24.3 Å². The van der Waals surface area contributed by atoms with Gasteiger partial charge < -0.3 is 0 Å². The molecule has 14 heteroatoms. The third kappa shape index (κ3) is 4.52. The quantitative estimate of drug-likeness (QED) is 0.162. The highest BCUT2D eigenvalue weighted by atomic mass is 19.4. The zero-order valence-electron chi connectivity index (χ0n) is 22.5. The van der Waals surface area contributed by atoms with Crippen molar-refractivity contribution in [2.45, 2.75) is 12.4 Å². The molecule has 0 aliphatic carbocycles. The molecule has 0 N–H and O–H groups in total. The van der Waals surface area contributed by atoms with Crippen LogP contribution in [0.4, 0.5) is 26.3 Å². The second-order valence-electron chi connectivity index (χ2n) is 9.47. The predicted molar refractivity (Wildman–Crippen MR) is 146 cm³/mol. The van der Waals surface area contributed by atoms with Gasteiger partial charge in [0.15, 0.2) is 0 Å². The van der Waals surface area contributed by atoms with Crippen molar-refractivity contribution in [3.8, 4) is 58.9 Å². The Morgan fingerprint density at radius 2 is 0.739 bits per heavy atom. The summed E-state index contributed by atoms with van der Waals surface area (Å²) in [6.45, 7) is 0. The molecule has 0 saturated heterocycles. The number of alkyl halides is 6. The van der Waals surface area contributed by atoms with Gasteiger partial charge in [-0.25, -0.2) is 0 Å². The second-order valence-corrected chi connectivity index (χ2v) is 9.47. The van der Waals surface area contributed by atoms with Crippen LogP contribution >= 0.6 is 0 Å². The number of fused-ring (bicyclic) bond motifs is 2. The van der Waals surface area contributed by atoms with Crippen LogP contribution in [0, 0.1) is 68.2 Å². The van der Waals surface area contributed by atoms with Crippen molar-refractivity contribution in [3.63, 3.8) is 0 Å². The van der Waals surface area contributed by atoms with E-state index in [4.69, 9.17) is 0 Å². The van der Waals surface area contributed by atoms with E-state index >= 15 is 0 Å². The fourth-order valence-electron chi connectivity index (χ4n) is 5.45. The molecule has 0 amide bonds. The van der Waals surface area contributed by atoms with Crippen LogP contribution in [0.1, 0.15) is 33.4 Å². The van der Waals surface area contributed by atoms with Crippen LogP contribution in [0.5, 0.6) is 0 Å². The van der Waals surface area contributed by atoms with Gasteiger partial charge in [0.2, 0.25) is 12.4 Å². The highest BCUT2D eigenvalue weighted by Crippen LogP contribution is 2.42. The minimum atomic E-state index is -4.70. The van der Waals surface area contributed by atoms with Crippen molar-refractivity contribution < 1.29 is 26.3 Å². The third-order valence-electron chi connectivity index (χ3n) is 7.22. The Kier molecular flexibility index (Phi) is 7.23. The maximum atomic E-state index is 13.3. The number of nitrogens with zero attached hydrogens (tertiary/aromatic N) is 8. The molecular weight excluding hydrogens is 610 g/mol. The summed E-state index contributed by atoms with van der Waals surface area (Å²) >= 11 is 0. The minimum Gasteiger partial charge on any atom is -0.192 e. The molecule has 5 aromatic carbocycles. The molecule has 0 fully saturated rings. The van der Waals surface area contributed by atoms with Crippen LogP contribution < -0.4 is 10.7 Å². The SMILES string of the molecule is N#C/N=c1/c(-c2ccc(C(F)(F)F)cc2)c(C#N)c2c(C#N)c3c(C#N)c(-c4ccc(C(F)(F)F)cc4)/c(=N/C#N)c3c(C#N)c12. The standard InChI is InChI=1S/C32H8F6N8/c33-31(34,35)17-5-1-15(2-6-17)23-19(9-39)25-21(11-41)26-20(10-40)24(16-3-7-18(8-4-16)32(36,37)38)30(46-14-44)28(26)22(12-42)27(25)29(23)45-13-43/h1-8H/b45-29-,46-30-. The first-order chi connectivity index (χ1) is 21.9. The first-order valence-corrected chi connectivity index (χ1v) is 12.5. The van der Waals surface area contributed by atoms with Gasteiger partial charge in [0.05, 0.1) is 44.1 Å². The first kappa shape index (κ1) is 30.5. The van der Waals surface area contributed by atoms with Gasteiger partial charge in [-0.2, -0.15) is 67.9 Å². The normalized spacial score (nSPS) is 12.3. The molecule has 5 aromatic rings. The molecule has 0 aliphatic heterocycles. The zero-order chi connectivity index (χ0) is 33.6. The van der Waals surface area contributed by atoms with E-state index < -0.39 is 34.6 Å². The van der Waals surface area contributed by atoms with Gasteiger partial charge in [0.25, 0.3) is 0 Å². The minimum absolute atomic E-state index is 0.0184. The van der Waals surface area contributed by atoms with Crippen LogP contribution in [0.15, 0.2) is 58.5 Å². The van der Waals surface area contributed by atoms with E-state index in [1.54, 1.807) is 0 Å². The van der Waals surface area contributed by atoms with Gasteiger partial charge >= 0.3 is 12.4 Å².